The van der Waals surface area contributed by atoms with Crippen molar-refractivity contribution in [2.45, 2.75) is 135 Å². The van der Waals surface area contributed by atoms with Crippen LogP contribution in [-0.2, 0) is 22.8 Å². The number of rotatable bonds is 8. The van der Waals surface area contributed by atoms with E-state index in [0.29, 0.717) is 0 Å². The Morgan fingerprint density at radius 3 is 1.62 bits per heavy atom. The summed E-state index contributed by atoms with van der Waals surface area (Å²) in [6.07, 6.45) is 0.101. The highest BCUT2D eigenvalue weighted by molar-refractivity contribution is 6.75. The van der Waals surface area contributed by atoms with Crippen LogP contribution in [-0.4, -0.2) is 60.9 Å². The summed E-state index contributed by atoms with van der Waals surface area (Å²) in [7, 11) is -6.54. The highest BCUT2D eigenvalue weighted by Gasteiger charge is 2.50. The molecular weight excluding hydrogens is 481 g/mol. The van der Waals surface area contributed by atoms with Crippen molar-refractivity contribution in [3.05, 3.63) is 11.8 Å². The molecule has 0 aromatic carbocycles. The van der Waals surface area contributed by atoms with Gasteiger partial charge in [0.15, 0.2) is 25.0 Å². The molecule has 34 heavy (non-hydrogen) atoms. The summed E-state index contributed by atoms with van der Waals surface area (Å²) in [4.78, 5) is 12.0. The van der Waals surface area contributed by atoms with Crippen LogP contribution in [0, 0.1) is 0 Å². The maximum absolute atomic E-state index is 12.0. The van der Waals surface area contributed by atoms with Gasteiger partial charge in [0.25, 0.3) is 0 Å². The Bertz CT molecular complexity index is 754. The second-order valence-corrected chi connectivity index (χ2v) is 28.6. The average molecular weight is 533 g/mol. The van der Waals surface area contributed by atoms with Gasteiger partial charge in [-0.1, -0.05) is 62.3 Å². The van der Waals surface area contributed by atoms with Gasteiger partial charge in [-0.05, 0) is 60.5 Å². The largest absolute Gasteiger partial charge is 0.478 e. The molecule has 3 atom stereocenters. The topological polar surface area (TPSA) is 74.2 Å². The zero-order valence-electron chi connectivity index (χ0n) is 24.5. The van der Waals surface area contributed by atoms with E-state index < -0.39 is 49.2 Å². The van der Waals surface area contributed by atoms with Crippen LogP contribution >= 0.6 is 0 Å². The van der Waals surface area contributed by atoms with E-state index in [4.69, 9.17) is 18.0 Å². The van der Waals surface area contributed by atoms with Gasteiger partial charge in [-0.3, -0.25) is 0 Å². The molecule has 0 aliphatic carbocycles. The number of ether oxygens (including phenoxy) is 1. The lowest BCUT2D eigenvalue weighted by molar-refractivity contribution is -0.143. The van der Waals surface area contributed by atoms with Gasteiger partial charge in [-0.15, -0.1) is 0 Å². The van der Waals surface area contributed by atoms with Crippen molar-refractivity contribution in [1.82, 2.24) is 0 Å². The van der Waals surface area contributed by atoms with Crippen LogP contribution in [0.4, 0.5) is 0 Å². The number of hydrogen-bond acceptors (Lipinski definition) is 5. The molecule has 0 bridgehead atoms. The summed E-state index contributed by atoms with van der Waals surface area (Å²) in [6.45, 7) is 33.2. The summed E-state index contributed by atoms with van der Waals surface area (Å²) in [5.41, 5.74) is 0. The van der Waals surface area contributed by atoms with Gasteiger partial charge in [0, 0.05) is 0 Å². The summed E-state index contributed by atoms with van der Waals surface area (Å²) in [6, 6.07) is 0. The fourth-order valence-electron chi connectivity index (χ4n) is 2.76. The summed E-state index contributed by atoms with van der Waals surface area (Å²) >= 11 is 0. The minimum atomic E-state index is -2.23. The first kappa shape index (κ1) is 31.6. The average Bonchev–Trinajstić information content (AvgIpc) is 2.58. The summed E-state index contributed by atoms with van der Waals surface area (Å²) in [5, 5.41) is 9.82. The molecule has 0 amide bonds. The second-order valence-electron chi connectivity index (χ2n) is 14.2. The first-order valence-electron chi connectivity index (χ1n) is 12.4. The zero-order chi connectivity index (χ0) is 27.1. The van der Waals surface area contributed by atoms with E-state index in [9.17, 15) is 9.90 Å². The van der Waals surface area contributed by atoms with Crippen molar-refractivity contribution in [2.24, 2.45) is 0 Å². The highest BCUT2D eigenvalue weighted by Crippen LogP contribution is 2.43. The molecule has 1 N–H and O–H groups in total. The van der Waals surface area contributed by atoms with Crippen LogP contribution in [0.3, 0.4) is 0 Å². The molecule has 0 unspecified atom stereocenters. The molecule has 9 heteroatoms. The molecule has 200 valence electrons. The van der Waals surface area contributed by atoms with E-state index in [-0.39, 0.29) is 27.5 Å². The normalized spacial score (nSPS) is 23.4. The molecule has 6 nitrogen and oxygen atoms in total. The molecular formula is C25H52O6Si3. The van der Waals surface area contributed by atoms with E-state index in [1.165, 1.54) is 0 Å². The number of carbonyl (C=O) groups is 1. The lowest BCUT2D eigenvalue weighted by Crippen LogP contribution is -2.58. The van der Waals surface area contributed by atoms with Crippen LogP contribution in [0.15, 0.2) is 11.8 Å². The highest BCUT2D eigenvalue weighted by atomic mass is 28.4. The van der Waals surface area contributed by atoms with E-state index >= 15 is 0 Å². The van der Waals surface area contributed by atoms with E-state index in [2.05, 4.69) is 102 Å². The van der Waals surface area contributed by atoms with Crippen molar-refractivity contribution >= 4 is 30.9 Å². The minimum Gasteiger partial charge on any atom is -0.478 e. The van der Waals surface area contributed by atoms with Gasteiger partial charge in [-0.2, -0.15) is 0 Å². The fourth-order valence-corrected chi connectivity index (χ4v) is 6.33. The Balaban J connectivity index is 3.50. The Kier molecular flexibility index (Phi) is 9.40. The van der Waals surface area contributed by atoms with Crippen LogP contribution in [0.2, 0.25) is 54.4 Å². The van der Waals surface area contributed by atoms with Crippen molar-refractivity contribution in [1.29, 1.82) is 0 Å². The fraction of sp³-hybridized carbons (Fsp3) is 0.880. The molecule has 0 fully saturated rings. The third-order valence-corrected chi connectivity index (χ3v) is 21.8. The maximum atomic E-state index is 12.0. The van der Waals surface area contributed by atoms with Crippen molar-refractivity contribution < 1.29 is 27.9 Å². The van der Waals surface area contributed by atoms with Gasteiger partial charge < -0.3 is 23.1 Å². The number of carboxylic acids is 1. The monoisotopic (exact) mass is 532 g/mol. The number of hydrogen-bond donors (Lipinski definition) is 1. The molecule has 0 spiro atoms. The molecule has 0 radical (unpaired) electrons. The second kappa shape index (κ2) is 10.1. The lowest BCUT2D eigenvalue weighted by atomic mass is 10.0. The van der Waals surface area contributed by atoms with Crippen LogP contribution in [0.5, 0.6) is 0 Å². The van der Waals surface area contributed by atoms with E-state index in [0.717, 1.165) is 0 Å². The third-order valence-electron chi connectivity index (χ3n) is 8.38. The Morgan fingerprint density at radius 1 is 0.824 bits per heavy atom. The van der Waals surface area contributed by atoms with E-state index in [1.807, 2.05) is 0 Å². The van der Waals surface area contributed by atoms with Crippen LogP contribution in [0.25, 0.3) is 0 Å². The molecule has 0 aromatic heterocycles. The van der Waals surface area contributed by atoms with Crippen molar-refractivity contribution in [3.8, 4) is 0 Å². The number of carboxylic acid groups (broad SMARTS) is 1. The van der Waals surface area contributed by atoms with Gasteiger partial charge in [0.2, 0.25) is 5.76 Å². The molecule has 1 aliphatic heterocycles. The standard InChI is InChI=1S/C25H52O6Si3/c1-23(2,3)32(10,11)28-17-20-21(31-34(14,15)25(7,8)9)18(16-19(29-20)22(26)27)30-33(12,13)24(4,5)6/h16,18,20-21H,17H2,1-15H3,(H,26,27)/t18-,20-,21+/m1/s1. The smallest absolute Gasteiger partial charge is 0.370 e. The Hall–Kier alpha value is -0.459. The van der Waals surface area contributed by atoms with Gasteiger partial charge in [0.1, 0.15) is 12.2 Å². The zero-order valence-corrected chi connectivity index (χ0v) is 27.5. The molecule has 1 aliphatic rings. The Labute approximate surface area is 212 Å². The molecule has 0 saturated heterocycles. The molecule has 0 saturated carbocycles. The summed E-state index contributed by atoms with van der Waals surface area (Å²) < 4.78 is 26.3. The first-order chi connectivity index (χ1) is 14.8. The Morgan fingerprint density at radius 2 is 1.24 bits per heavy atom. The predicted octanol–water partition coefficient (Wildman–Crippen LogP) is 7.16. The molecule has 1 rings (SSSR count). The first-order valence-corrected chi connectivity index (χ1v) is 21.2. The predicted molar refractivity (Wildman–Crippen MR) is 148 cm³/mol. The quantitative estimate of drug-likeness (QED) is 0.334. The summed E-state index contributed by atoms with van der Waals surface area (Å²) in [5.74, 6) is -1.17. The molecule has 0 aromatic rings. The molecule has 1 heterocycles. The van der Waals surface area contributed by atoms with Crippen molar-refractivity contribution in [3.63, 3.8) is 0 Å². The van der Waals surface area contributed by atoms with Crippen LogP contribution in [0.1, 0.15) is 62.3 Å². The lowest BCUT2D eigenvalue weighted by Gasteiger charge is -2.48. The SMILES string of the molecule is CC(C)(C)[Si](C)(C)OC[C@H]1OC(C(=O)O)=C[C@@H](O[Si](C)(C)C(C)(C)C)[C@@H]1O[Si](C)(C)C(C)(C)C. The minimum absolute atomic E-state index is 0.0177. The van der Waals surface area contributed by atoms with Crippen molar-refractivity contribution in [2.75, 3.05) is 6.61 Å². The van der Waals surface area contributed by atoms with Crippen LogP contribution < -0.4 is 0 Å². The van der Waals surface area contributed by atoms with Gasteiger partial charge in [0.05, 0.1) is 12.7 Å². The third kappa shape index (κ3) is 7.52. The van der Waals surface area contributed by atoms with Gasteiger partial charge in [-0.25, -0.2) is 4.79 Å². The number of aliphatic carboxylic acids is 1. The van der Waals surface area contributed by atoms with E-state index in [1.54, 1.807) is 6.08 Å². The van der Waals surface area contributed by atoms with Gasteiger partial charge >= 0.3 is 5.97 Å². The maximum Gasteiger partial charge on any atom is 0.370 e.